The van der Waals surface area contributed by atoms with Crippen molar-refractivity contribution in [1.82, 2.24) is 4.90 Å². The molecule has 1 aromatic heterocycles. The molecule has 0 aliphatic carbocycles. The maximum absolute atomic E-state index is 12.5. The highest BCUT2D eigenvalue weighted by molar-refractivity contribution is 7.14. The normalized spacial score (nSPS) is 17.1. The van der Waals surface area contributed by atoms with E-state index in [1.54, 1.807) is 0 Å². The Kier molecular flexibility index (Phi) is 4.28. The molecule has 4 heteroatoms. The number of aliphatic hydroxyl groups excluding tert-OH is 1. The van der Waals surface area contributed by atoms with Crippen molar-refractivity contribution in [3.05, 3.63) is 21.9 Å². The fourth-order valence-corrected chi connectivity index (χ4v) is 3.17. The molecule has 0 atom stereocenters. The van der Waals surface area contributed by atoms with Crippen molar-refractivity contribution in [2.24, 2.45) is 0 Å². The first-order valence-electron chi connectivity index (χ1n) is 6.56. The molecule has 3 nitrogen and oxygen atoms in total. The third-order valence-corrected chi connectivity index (χ3v) is 4.40. The second kappa shape index (κ2) is 5.77. The van der Waals surface area contributed by atoms with Gasteiger partial charge in [-0.1, -0.05) is 11.8 Å². The quantitative estimate of drug-likeness (QED) is 0.844. The summed E-state index contributed by atoms with van der Waals surface area (Å²) in [5.41, 5.74) is -0.0379. The smallest absolute Gasteiger partial charge is 0.264 e. The summed E-state index contributed by atoms with van der Waals surface area (Å²) in [6.45, 7) is 5.16. The van der Waals surface area contributed by atoms with Crippen LogP contribution in [0.5, 0.6) is 0 Å². The van der Waals surface area contributed by atoms with Gasteiger partial charge in [0.25, 0.3) is 5.91 Å². The Labute approximate surface area is 118 Å². The van der Waals surface area contributed by atoms with Crippen LogP contribution in [0.3, 0.4) is 0 Å². The average Bonchev–Trinajstić information content (AvgIpc) is 2.95. The predicted molar refractivity (Wildman–Crippen MR) is 77.2 cm³/mol. The lowest BCUT2D eigenvalue weighted by molar-refractivity contribution is 0.0657. The fraction of sp³-hybridized carbons (Fsp3) is 0.533. The van der Waals surface area contributed by atoms with Crippen molar-refractivity contribution >= 4 is 17.2 Å². The monoisotopic (exact) mass is 277 g/mol. The van der Waals surface area contributed by atoms with Gasteiger partial charge in [0.2, 0.25) is 0 Å². The number of aliphatic hydroxyl groups is 1. The van der Waals surface area contributed by atoms with Gasteiger partial charge in [-0.2, -0.15) is 0 Å². The molecule has 1 amide bonds. The number of thiophene rings is 1. The van der Waals surface area contributed by atoms with Gasteiger partial charge < -0.3 is 10.0 Å². The molecule has 0 spiro atoms. The van der Waals surface area contributed by atoms with Gasteiger partial charge in [0, 0.05) is 18.5 Å². The number of carbonyl (C=O) groups excluding carboxylic acids is 1. The zero-order valence-corrected chi connectivity index (χ0v) is 12.2. The van der Waals surface area contributed by atoms with Crippen LogP contribution in [0.2, 0.25) is 0 Å². The maximum atomic E-state index is 12.5. The van der Waals surface area contributed by atoms with Crippen molar-refractivity contribution in [1.29, 1.82) is 0 Å². The molecule has 1 saturated heterocycles. The summed E-state index contributed by atoms with van der Waals surface area (Å²) in [7, 11) is 0. The Bertz CT molecular complexity index is 522. The second-order valence-corrected chi connectivity index (χ2v) is 6.40. The van der Waals surface area contributed by atoms with E-state index >= 15 is 0 Å². The third-order valence-electron chi connectivity index (χ3n) is 3.41. The number of likely N-dealkylation sites (tertiary alicyclic amines) is 1. The number of nitrogens with zero attached hydrogens (tertiary/aromatic N) is 1. The summed E-state index contributed by atoms with van der Waals surface area (Å²) in [6.07, 6.45) is 2.61. The summed E-state index contributed by atoms with van der Waals surface area (Å²) in [6, 6.07) is 3.73. The summed E-state index contributed by atoms with van der Waals surface area (Å²) >= 11 is 1.43. The van der Waals surface area contributed by atoms with Crippen molar-refractivity contribution in [2.75, 3.05) is 13.2 Å². The summed E-state index contributed by atoms with van der Waals surface area (Å²) in [5.74, 6) is 5.96. The molecular formula is C15H19NO2S. The molecular weight excluding hydrogens is 258 g/mol. The summed E-state index contributed by atoms with van der Waals surface area (Å²) in [5, 5.41) is 8.68. The molecule has 1 N–H and O–H groups in total. The van der Waals surface area contributed by atoms with E-state index in [9.17, 15) is 4.79 Å². The Balaban J connectivity index is 2.11. The number of amides is 1. The molecule has 0 bridgehead atoms. The van der Waals surface area contributed by atoms with Crippen LogP contribution < -0.4 is 0 Å². The minimum atomic E-state index is -0.0379. The van der Waals surface area contributed by atoms with E-state index in [4.69, 9.17) is 5.11 Å². The Hall–Kier alpha value is -1.31. The van der Waals surface area contributed by atoms with Gasteiger partial charge >= 0.3 is 0 Å². The molecule has 0 unspecified atom stereocenters. The number of hydrogen-bond acceptors (Lipinski definition) is 3. The minimum Gasteiger partial charge on any atom is -0.395 e. The zero-order valence-electron chi connectivity index (χ0n) is 11.4. The van der Waals surface area contributed by atoms with Crippen molar-refractivity contribution in [3.8, 4) is 11.8 Å². The Morgan fingerprint density at radius 2 is 2.32 bits per heavy atom. The fourth-order valence-electron chi connectivity index (χ4n) is 2.34. The number of carbonyl (C=O) groups is 1. The largest absolute Gasteiger partial charge is 0.395 e. The van der Waals surface area contributed by atoms with Crippen LogP contribution in [-0.4, -0.2) is 34.6 Å². The van der Waals surface area contributed by atoms with Crippen LogP contribution in [0.25, 0.3) is 0 Å². The Morgan fingerprint density at radius 3 is 2.95 bits per heavy atom. The highest BCUT2D eigenvalue weighted by Crippen LogP contribution is 2.31. The predicted octanol–water partition coefficient (Wildman–Crippen LogP) is 2.50. The van der Waals surface area contributed by atoms with Crippen LogP contribution in [-0.2, 0) is 0 Å². The molecule has 0 saturated carbocycles. The van der Waals surface area contributed by atoms with Crippen molar-refractivity contribution < 1.29 is 9.90 Å². The van der Waals surface area contributed by atoms with Gasteiger partial charge in [-0.25, -0.2) is 0 Å². The first-order valence-corrected chi connectivity index (χ1v) is 7.38. The average molecular weight is 277 g/mol. The molecule has 2 rings (SSSR count). The molecule has 2 heterocycles. The highest BCUT2D eigenvalue weighted by Gasteiger charge is 2.36. The molecule has 0 radical (unpaired) electrons. The molecule has 19 heavy (non-hydrogen) atoms. The second-order valence-electron chi connectivity index (χ2n) is 5.31. The van der Waals surface area contributed by atoms with Crippen LogP contribution in [0, 0.1) is 11.8 Å². The van der Waals surface area contributed by atoms with Crippen molar-refractivity contribution in [2.45, 2.75) is 38.6 Å². The van der Waals surface area contributed by atoms with Crippen LogP contribution >= 0.6 is 11.3 Å². The van der Waals surface area contributed by atoms with E-state index in [0.29, 0.717) is 6.42 Å². The number of hydrogen-bond donors (Lipinski definition) is 1. The lowest BCUT2D eigenvalue weighted by Crippen LogP contribution is -2.42. The van der Waals surface area contributed by atoms with Crippen LogP contribution in [0.15, 0.2) is 12.1 Å². The van der Waals surface area contributed by atoms with Gasteiger partial charge in [-0.15, -0.1) is 11.3 Å². The zero-order chi connectivity index (χ0) is 13.9. The van der Waals surface area contributed by atoms with E-state index < -0.39 is 0 Å². The van der Waals surface area contributed by atoms with Gasteiger partial charge in [-0.3, -0.25) is 4.79 Å². The molecule has 1 aromatic rings. The first kappa shape index (κ1) is 14.1. The Morgan fingerprint density at radius 1 is 1.53 bits per heavy atom. The summed E-state index contributed by atoms with van der Waals surface area (Å²) < 4.78 is 0. The lowest BCUT2D eigenvalue weighted by Gasteiger charge is -2.31. The van der Waals surface area contributed by atoms with Crippen LogP contribution in [0.1, 0.15) is 47.7 Å². The number of rotatable bonds is 2. The van der Waals surface area contributed by atoms with E-state index in [0.717, 1.165) is 29.1 Å². The third kappa shape index (κ3) is 3.17. The van der Waals surface area contributed by atoms with Gasteiger partial charge in [0.1, 0.15) is 0 Å². The van der Waals surface area contributed by atoms with Gasteiger partial charge in [0.05, 0.1) is 16.4 Å². The van der Waals surface area contributed by atoms with E-state index in [2.05, 4.69) is 25.7 Å². The minimum absolute atomic E-state index is 0.0379. The standard InChI is InChI=1S/C15H19NO2S/c1-15(2)9-5-10-16(15)14(18)13-8-7-12(19-13)6-3-4-11-17/h7-8,17H,4-5,9-11H2,1-2H3. The molecule has 1 aliphatic rings. The van der Waals surface area contributed by atoms with E-state index in [1.807, 2.05) is 17.0 Å². The molecule has 1 aliphatic heterocycles. The maximum Gasteiger partial charge on any atom is 0.264 e. The topological polar surface area (TPSA) is 40.5 Å². The van der Waals surface area contributed by atoms with E-state index in [-0.39, 0.29) is 18.1 Å². The first-order chi connectivity index (χ1) is 9.04. The van der Waals surface area contributed by atoms with Gasteiger partial charge in [0.15, 0.2) is 0 Å². The van der Waals surface area contributed by atoms with Crippen LogP contribution in [0.4, 0.5) is 0 Å². The molecule has 1 fully saturated rings. The SMILES string of the molecule is CC1(C)CCCN1C(=O)c1ccc(C#CCCO)s1. The molecule has 102 valence electrons. The summed E-state index contributed by atoms with van der Waals surface area (Å²) in [4.78, 5) is 16.1. The lowest BCUT2D eigenvalue weighted by atomic mass is 10.0. The highest BCUT2D eigenvalue weighted by atomic mass is 32.1. The van der Waals surface area contributed by atoms with Gasteiger partial charge in [-0.05, 0) is 38.8 Å². The van der Waals surface area contributed by atoms with E-state index in [1.165, 1.54) is 11.3 Å². The molecule has 0 aromatic carbocycles. The van der Waals surface area contributed by atoms with Crippen molar-refractivity contribution in [3.63, 3.8) is 0 Å².